The summed E-state index contributed by atoms with van der Waals surface area (Å²) in [5.41, 5.74) is 3.23. The number of halogens is 2. The van der Waals surface area contributed by atoms with Gasteiger partial charge in [-0.05, 0) is 0 Å². The summed E-state index contributed by atoms with van der Waals surface area (Å²) in [6.45, 7) is 13.5. The molecule has 0 aromatic carbocycles. The normalized spacial score (nSPS) is 11.8. The molecule has 0 saturated heterocycles. The van der Waals surface area contributed by atoms with Gasteiger partial charge in [-0.3, -0.25) is 0 Å². The van der Waals surface area contributed by atoms with Gasteiger partial charge >= 0.3 is 103 Å². The second-order valence-electron chi connectivity index (χ2n) is 5.97. The van der Waals surface area contributed by atoms with Crippen LogP contribution in [0.3, 0.4) is 0 Å². The van der Waals surface area contributed by atoms with E-state index in [4.69, 9.17) is 0 Å². The Bertz CT molecular complexity index is 332. The van der Waals surface area contributed by atoms with E-state index in [0.29, 0.717) is 0 Å². The molecule has 0 unspecified atom stereocenters. The minimum absolute atomic E-state index is 0. The fourth-order valence-electron chi connectivity index (χ4n) is 1.45. The Balaban J connectivity index is 0. The van der Waals surface area contributed by atoms with E-state index < -0.39 is 0 Å². The van der Waals surface area contributed by atoms with Gasteiger partial charge in [0.15, 0.2) is 0 Å². The van der Waals surface area contributed by atoms with E-state index in [1.54, 1.807) is 0 Å². The van der Waals surface area contributed by atoms with Crippen molar-refractivity contribution in [3.05, 3.63) is 17.5 Å². The van der Waals surface area contributed by atoms with Crippen molar-refractivity contribution in [2.24, 2.45) is 0 Å². The standard InChI is InChI=1S/C12H20N.2ClH.Zr/c1-11(2,3)9-7-8-10(13-9)12(4,5)6;;;/h7,13H,1-6H3;2*1H;/q;;;+2/p-2. The molecular formula is C12H20Cl2NZr. The predicted molar refractivity (Wildman–Crippen MR) is 57.8 cm³/mol. The molecule has 0 aliphatic rings. The van der Waals surface area contributed by atoms with E-state index in [0.717, 1.165) is 0 Å². The Morgan fingerprint density at radius 2 is 1.38 bits per heavy atom. The third-order valence-electron chi connectivity index (χ3n) is 2.38. The van der Waals surface area contributed by atoms with Crippen LogP contribution in [0.4, 0.5) is 0 Å². The number of hydrogen-bond donors (Lipinski definition) is 1. The Labute approximate surface area is 127 Å². The summed E-state index contributed by atoms with van der Waals surface area (Å²) >= 11 is 1.50. The molecule has 0 atom stereocenters. The molecule has 4 heteroatoms. The van der Waals surface area contributed by atoms with Gasteiger partial charge in [0, 0.05) is 0 Å². The van der Waals surface area contributed by atoms with Crippen LogP contribution in [0.2, 0.25) is 0 Å². The van der Waals surface area contributed by atoms with Crippen molar-refractivity contribution in [1.82, 2.24) is 4.98 Å². The monoisotopic (exact) mass is 338 g/mol. The van der Waals surface area contributed by atoms with Crippen molar-refractivity contribution < 1.29 is 49.5 Å². The van der Waals surface area contributed by atoms with Crippen LogP contribution in [0.15, 0.2) is 6.07 Å². The quantitative estimate of drug-likeness (QED) is 0.512. The van der Waals surface area contributed by atoms with Crippen LogP contribution in [0.1, 0.15) is 52.9 Å². The van der Waals surface area contributed by atoms with Crippen molar-refractivity contribution in [3.63, 3.8) is 0 Å². The SMILES string of the molecule is CC(C)(C)c1c[c]([Zr+2])c(C(C)(C)C)[nH]1.[Cl-].[Cl-]. The molecule has 1 aromatic heterocycles. The summed E-state index contributed by atoms with van der Waals surface area (Å²) in [6.07, 6.45) is 0. The molecule has 1 aromatic rings. The van der Waals surface area contributed by atoms with Crippen molar-refractivity contribution in [3.8, 4) is 0 Å². The van der Waals surface area contributed by atoms with E-state index in [1.807, 2.05) is 0 Å². The van der Waals surface area contributed by atoms with Crippen LogP contribution in [-0.4, -0.2) is 4.98 Å². The molecule has 1 heterocycles. The fraction of sp³-hybridized carbons (Fsp3) is 0.667. The Morgan fingerprint density at radius 3 is 1.56 bits per heavy atom. The number of nitrogens with one attached hydrogen (secondary N) is 1. The van der Waals surface area contributed by atoms with Crippen LogP contribution in [0.5, 0.6) is 0 Å². The summed E-state index contributed by atoms with van der Waals surface area (Å²) in [5.74, 6) is 0. The zero-order valence-corrected chi connectivity index (χ0v) is 14.8. The summed E-state index contributed by atoms with van der Waals surface area (Å²) in [6, 6.07) is 2.32. The maximum Gasteiger partial charge on any atom is -1.00 e. The van der Waals surface area contributed by atoms with Crippen LogP contribution >= 0.6 is 0 Å². The molecule has 0 fully saturated rings. The van der Waals surface area contributed by atoms with Crippen LogP contribution in [0.25, 0.3) is 0 Å². The molecule has 0 radical (unpaired) electrons. The molecule has 0 amide bonds. The molecule has 0 aliphatic carbocycles. The maximum atomic E-state index is 3.58. The zero-order chi connectivity index (χ0) is 11.1. The van der Waals surface area contributed by atoms with E-state index in [9.17, 15) is 0 Å². The van der Waals surface area contributed by atoms with Gasteiger partial charge in [-0.2, -0.15) is 0 Å². The Hall–Kier alpha value is 0.743. The largest absolute Gasteiger partial charge is 1.00 e. The zero-order valence-electron chi connectivity index (χ0n) is 10.8. The molecular weight excluding hydrogens is 320 g/mol. The molecule has 0 saturated carbocycles. The smallest absolute Gasteiger partial charge is 1.00 e. The minimum atomic E-state index is 0. The Kier molecular flexibility index (Phi) is 7.24. The molecule has 1 nitrogen and oxygen atoms in total. The average Bonchev–Trinajstić information content (AvgIpc) is 2.27. The van der Waals surface area contributed by atoms with Gasteiger partial charge in [0.1, 0.15) is 0 Å². The van der Waals surface area contributed by atoms with Crippen molar-refractivity contribution >= 4 is 3.27 Å². The van der Waals surface area contributed by atoms with Crippen LogP contribution < -0.4 is 28.1 Å². The molecule has 1 N–H and O–H groups in total. The predicted octanol–water partition coefficient (Wildman–Crippen LogP) is -3.21. The Morgan fingerprint density at radius 1 is 0.938 bits per heavy atom. The fourth-order valence-corrected chi connectivity index (χ4v) is 2.88. The molecule has 1 rings (SSSR count). The third-order valence-corrected chi connectivity index (χ3v) is 3.34. The van der Waals surface area contributed by atoms with Gasteiger partial charge in [-0.25, -0.2) is 0 Å². The van der Waals surface area contributed by atoms with Gasteiger partial charge in [-0.15, -0.1) is 0 Å². The van der Waals surface area contributed by atoms with E-state index >= 15 is 0 Å². The van der Waals surface area contributed by atoms with Gasteiger partial charge in [0.2, 0.25) is 0 Å². The summed E-state index contributed by atoms with van der Waals surface area (Å²) in [4.78, 5) is 3.58. The van der Waals surface area contributed by atoms with E-state index in [2.05, 4.69) is 52.6 Å². The number of hydrogen-bond acceptors (Lipinski definition) is 0. The molecule has 0 aliphatic heterocycles. The number of aromatic nitrogens is 1. The first-order valence-electron chi connectivity index (χ1n) is 5.08. The topological polar surface area (TPSA) is 15.8 Å². The second kappa shape index (κ2) is 6.07. The van der Waals surface area contributed by atoms with E-state index in [1.165, 1.54) is 39.4 Å². The van der Waals surface area contributed by atoms with Crippen LogP contribution in [0, 0.1) is 0 Å². The second-order valence-corrected chi connectivity index (χ2v) is 7.30. The first-order valence-corrected chi connectivity index (χ1v) is 6.31. The third kappa shape index (κ3) is 4.55. The number of rotatable bonds is 0. The van der Waals surface area contributed by atoms with Gasteiger partial charge in [0.25, 0.3) is 0 Å². The molecule has 16 heavy (non-hydrogen) atoms. The summed E-state index contributed by atoms with van der Waals surface area (Å²) in [5, 5.41) is 0. The van der Waals surface area contributed by atoms with Gasteiger partial charge in [0.05, 0.1) is 0 Å². The molecule has 0 bridgehead atoms. The van der Waals surface area contributed by atoms with Gasteiger partial charge in [-0.1, -0.05) is 0 Å². The number of aromatic amines is 1. The van der Waals surface area contributed by atoms with E-state index in [-0.39, 0.29) is 35.6 Å². The summed E-state index contributed by atoms with van der Waals surface area (Å²) < 4.78 is 1.47. The first kappa shape index (κ1) is 19.1. The van der Waals surface area contributed by atoms with Crippen molar-refractivity contribution in [2.75, 3.05) is 0 Å². The van der Waals surface area contributed by atoms with Crippen molar-refractivity contribution in [1.29, 1.82) is 0 Å². The molecule has 0 spiro atoms. The molecule has 91 valence electrons. The average molecular weight is 340 g/mol. The maximum absolute atomic E-state index is 3.58. The van der Waals surface area contributed by atoms with Crippen LogP contribution in [-0.2, 0) is 35.5 Å². The minimum Gasteiger partial charge on any atom is -1.00 e. The first-order chi connectivity index (χ1) is 6.12. The van der Waals surface area contributed by atoms with Gasteiger partial charge < -0.3 is 24.8 Å². The summed E-state index contributed by atoms with van der Waals surface area (Å²) in [7, 11) is 0. The number of H-pyrrole nitrogens is 1. The van der Waals surface area contributed by atoms with Crippen molar-refractivity contribution in [2.45, 2.75) is 52.4 Å².